The third kappa shape index (κ3) is 5.91. The lowest BCUT2D eigenvalue weighted by molar-refractivity contribution is -0.123. The van der Waals surface area contributed by atoms with Crippen molar-refractivity contribution < 1.29 is 18.9 Å². The Morgan fingerprint density at radius 3 is 2.66 bits per heavy atom. The van der Waals surface area contributed by atoms with Gasteiger partial charge >= 0.3 is 0 Å². The van der Waals surface area contributed by atoms with Gasteiger partial charge in [-0.05, 0) is 30.0 Å². The Morgan fingerprint density at radius 1 is 1.17 bits per heavy atom. The van der Waals surface area contributed by atoms with Crippen molar-refractivity contribution in [2.45, 2.75) is 51.1 Å². The van der Waals surface area contributed by atoms with E-state index in [1.807, 2.05) is 0 Å². The predicted molar refractivity (Wildman–Crippen MR) is 106 cm³/mol. The number of carbonyl (C=O) groups excluding carboxylic acids is 3. The molecule has 1 heterocycles. The van der Waals surface area contributed by atoms with Gasteiger partial charge in [0.25, 0.3) is 5.91 Å². The summed E-state index contributed by atoms with van der Waals surface area (Å²) >= 11 is 0. The highest BCUT2D eigenvalue weighted by Gasteiger charge is 2.27. The second-order valence-electron chi connectivity index (χ2n) is 7.42. The lowest BCUT2D eigenvalue weighted by atomic mass is 9.84. The fraction of sp³-hybridized carbons (Fsp3) is 0.429. The van der Waals surface area contributed by atoms with Crippen LogP contribution in [-0.4, -0.2) is 28.9 Å². The van der Waals surface area contributed by atoms with E-state index in [9.17, 15) is 14.4 Å². The first-order valence-corrected chi connectivity index (χ1v) is 9.91. The van der Waals surface area contributed by atoms with Gasteiger partial charge in [0.15, 0.2) is 0 Å². The summed E-state index contributed by atoms with van der Waals surface area (Å²) in [5.74, 6) is -0.789. The van der Waals surface area contributed by atoms with Crippen LogP contribution < -0.4 is 16.4 Å². The summed E-state index contributed by atoms with van der Waals surface area (Å²) in [4.78, 5) is 36.6. The Morgan fingerprint density at radius 2 is 1.97 bits per heavy atom. The molecule has 3 amide bonds. The van der Waals surface area contributed by atoms with E-state index < -0.39 is 17.9 Å². The molecule has 0 aliphatic heterocycles. The van der Waals surface area contributed by atoms with Gasteiger partial charge in [0.1, 0.15) is 6.04 Å². The van der Waals surface area contributed by atoms with E-state index in [-0.39, 0.29) is 18.2 Å². The molecular formula is C21H26N4O4. The van der Waals surface area contributed by atoms with Crippen LogP contribution in [0.4, 0.5) is 0 Å². The second-order valence-corrected chi connectivity index (χ2v) is 7.42. The molecule has 29 heavy (non-hydrogen) atoms. The molecule has 0 saturated heterocycles. The molecule has 1 aliphatic rings. The lowest BCUT2D eigenvalue weighted by Crippen LogP contribution is -2.47. The molecule has 1 aromatic heterocycles. The molecule has 0 unspecified atom stereocenters. The molecule has 154 valence electrons. The van der Waals surface area contributed by atoms with Crippen LogP contribution in [0.2, 0.25) is 0 Å². The smallest absolute Gasteiger partial charge is 0.290 e. The highest BCUT2D eigenvalue weighted by Crippen LogP contribution is 2.27. The molecule has 1 aliphatic carbocycles. The molecule has 3 rings (SSSR count). The Kier molecular flexibility index (Phi) is 6.99. The van der Waals surface area contributed by atoms with Gasteiger partial charge in [0.2, 0.25) is 17.6 Å². The minimum Gasteiger partial charge on any atom is -0.366 e. The van der Waals surface area contributed by atoms with Crippen molar-refractivity contribution in [2.75, 3.05) is 0 Å². The molecule has 1 fully saturated rings. The van der Waals surface area contributed by atoms with Crippen LogP contribution >= 0.6 is 0 Å². The van der Waals surface area contributed by atoms with Crippen molar-refractivity contribution in [3.8, 4) is 0 Å². The number of nitrogens with zero attached hydrogens (tertiary/aromatic N) is 1. The molecule has 1 atom stereocenters. The maximum atomic E-state index is 12.9. The summed E-state index contributed by atoms with van der Waals surface area (Å²) in [7, 11) is 0. The average Bonchev–Trinajstić information content (AvgIpc) is 3.27. The van der Waals surface area contributed by atoms with Crippen molar-refractivity contribution >= 4 is 17.7 Å². The van der Waals surface area contributed by atoms with Gasteiger partial charge in [-0.1, -0.05) is 49.4 Å². The summed E-state index contributed by atoms with van der Waals surface area (Å²) in [6.07, 6.45) is 7.59. The first kappa shape index (κ1) is 20.6. The highest BCUT2D eigenvalue weighted by atomic mass is 16.5. The number of aromatic nitrogens is 1. The standard InChI is InChI=1S/C21H26N4O4/c22-19(26)16-8-4-7-15(11-16)13-23-20(27)17(12-14-5-2-1-3-6-14)25-21(28)18-9-10-24-29-18/h4,7-11,14,17H,1-3,5-6,12-13H2,(H2,22,26)(H,23,27)(H,25,28)/t17-/m0/s1. The number of amides is 3. The maximum absolute atomic E-state index is 12.9. The number of hydrogen-bond acceptors (Lipinski definition) is 5. The Labute approximate surface area is 169 Å². The molecule has 8 nitrogen and oxygen atoms in total. The molecule has 0 spiro atoms. The van der Waals surface area contributed by atoms with Gasteiger partial charge in [-0.2, -0.15) is 0 Å². The van der Waals surface area contributed by atoms with Crippen LogP contribution in [0.1, 0.15) is 65.0 Å². The van der Waals surface area contributed by atoms with E-state index in [0.717, 1.165) is 31.2 Å². The van der Waals surface area contributed by atoms with E-state index in [4.69, 9.17) is 10.3 Å². The first-order chi connectivity index (χ1) is 14.0. The molecule has 1 aromatic carbocycles. The van der Waals surface area contributed by atoms with Crippen molar-refractivity contribution in [3.05, 3.63) is 53.4 Å². The van der Waals surface area contributed by atoms with E-state index in [0.29, 0.717) is 17.9 Å². The molecular weight excluding hydrogens is 372 g/mol. The third-order valence-corrected chi connectivity index (χ3v) is 5.26. The Balaban J connectivity index is 1.64. The van der Waals surface area contributed by atoms with E-state index in [1.165, 1.54) is 18.7 Å². The van der Waals surface area contributed by atoms with E-state index in [1.54, 1.807) is 24.3 Å². The van der Waals surface area contributed by atoms with Gasteiger partial charge in [0.05, 0.1) is 6.20 Å². The van der Waals surface area contributed by atoms with Crippen LogP contribution in [-0.2, 0) is 11.3 Å². The Bertz CT molecular complexity index is 844. The summed E-state index contributed by atoms with van der Waals surface area (Å²) in [6, 6.07) is 7.57. The monoisotopic (exact) mass is 398 g/mol. The van der Waals surface area contributed by atoms with Gasteiger partial charge < -0.3 is 20.9 Å². The largest absolute Gasteiger partial charge is 0.366 e. The number of hydrogen-bond donors (Lipinski definition) is 3. The molecule has 0 bridgehead atoms. The van der Waals surface area contributed by atoms with Gasteiger partial charge in [-0.25, -0.2) is 0 Å². The fourth-order valence-corrected chi connectivity index (χ4v) is 3.70. The van der Waals surface area contributed by atoms with Crippen molar-refractivity contribution in [1.82, 2.24) is 15.8 Å². The zero-order valence-electron chi connectivity index (χ0n) is 16.2. The quantitative estimate of drug-likeness (QED) is 0.628. The zero-order chi connectivity index (χ0) is 20.6. The molecule has 2 aromatic rings. The summed E-state index contributed by atoms with van der Waals surface area (Å²) in [5.41, 5.74) is 6.44. The predicted octanol–water partition coefficient (Wildman–Crippen LogP) is 2.16. The maximum Gasteiger partial charge on any atom is 0.290 e. The molecule has 1 saturated carbocycles. The van der Waals surface area contributed by atoms with Crippen molar-refractivity contribution in [1.29, 1.82) is 0 Å². The van der Waals surface area contributed by atoms with Crippen LogP contribution in [0.25, 0.3) is 0 Å². The zero-order valence-corrected chi connectivity index (χ0v) is 16.2. The number of carbonyl (C=O) groups is 3. The van der Waals surface area contributed by atoms with Crippen LogP contribution in [0.15, 0.2) is 41.1 Å². The van der Waals surface area contributed by atoms with E-state index >= 15 is 0 Å². The number of benzene rings is 1. The SMILES string of the molecule is NC(=O)c1cccc(CNC(=O)[C@H](CC2CCCCC2)NC(=O)c2ccno2)c1. The van der Waals surface area contributed by atoms with Crippen LogP contribution in [0.5, 0.6) is 0 Å². The summed E-state index contributed by atoms with van der Waals surface area (Å²) < 4.78 is 4.89. The Hall–Kier alpha value is -3.16. The molecule has 8 heteroatoms. The lowest BCUT2D eigenvalue weighted by Gasteiger charge is -2.26. The van der Waals surface area contributed by atoms with E-state index in [2.05, 4.69) is 15.8 Å². The number of nitrogens with two attached hydrogens (primary N) is 1. The van der Waals surface area contributed by atoms with Crippen LogP contribution in [0.3, 0.4) is 0 Å². The van der Waals surface area contributed by atoms with Crippen molar-refractivity contribution in [3.63, 3.8) is 0 Å². The topological polar surface area (TPSA) is 127 Å². The first-order valence-electron chi connectivity index (χ1n) is 9.91. The molecule has 0 radical (unpaired) electrons. The minimum absolute atomic E-state index is 0.0700. The van der Waals surface area contributed by atoms with Crippen molar-refractivity contribution in [2.24, 2.45) is 11.7 Å². The third-order valence-electron chi connectivity index (χ3n) is 5.26. The fourth-order valence-electron chi connectivity index (χ4n) is 3.70. The number of rotatable bonds is 8. The number of primary amides is 1. The number of nitrogens with one attached hydrogen (secondary N) is 2. The normalized spacial score (nSPS) is 15.4. The highest BCUT2D eigenvalue weighted by molar-refractivity contribution is 5.95. The van der Waals surface area contributed by atoms with Gasteiger partial charge in [0, 0.05) is 18.2 Å². The van der Waals surface area contributed by atoms with Gasteiger partial charge in [-0.15, -0.1) is 0 Å². The summed E-state index contributed by atoms with van der Waals surface area (Å²) in [5, 5.41) is 9.16. The minimum atomic E-state index is -0.671. The van der Waals surface area contributed by atoms with Crippen LogP contribution in [0, 0.1) is 5.92 Å². The summed E-state index contributed by atoms with van der Waals surface area (Å²) in [6.45, 7) is 0.235. The second kappa shape index (κ2) is 9.86. The molecule has 4 N–H and O–H groups in total. The average molecular weight is 398 g/mol. The van der Waals surface area contributed by atoms with Gasteiger partial charge in [-0.3, -0.25) is 14.4 Å².